The highest BCUT2D eigenvalue weighted by Crippen LogP contribution is 2.22. The monoisotopic (exact) mass is 272 g/mol. The molecule has 1 aliphatic heterocycles. The fourth-order valence-corrected chi connectivity index (χ4v) is 2.93. The van der Waals surface area contributed by atoms with E-state index in [0.717, 1.165) is 6.29 Å². The molecule has 2 unspecified atom stereocenters. The minimum Gasteiger partial charge on any atom is -0.347 e. The number of rotatable bonds is 3. The Morgan fingerprint density at radius 1 is 1.65 bits per heavy atom. The van der Waals surface area contributed by atoms with Gasteiger partial charge in [-0.3, -0.25) is 9.69 Å². The Balaban J connectivity index is 1.94. The maximum atomic E-state index is 11.8. The largest absolute Gasteiger partial charge is 0.347 e. The summed E-state index contributed by atoms with van der Waals surface area (Å²) in [5.74, 6) is -0.119. The Morgan fingerprint density at radius 3 is 2.94 bits per heavy atom. The highest BCUT2D eigenvalue weighted by Gasteiger charge is 2.30. The first-order valence-electron chi connectivity index (χ1n) is 5.32. The summed E-state index contributed by atoms with van der Waals surface area (Å²) in [4.78, 5) is 25.1. The molecule has 1 aliphatic rings. The van der Waals surface area contributed by atoms with Gasteiger partial charge in [0, 0.05) is 12.6 Å². The normalized spacial score (nSPS) is 24.8. The summed E-state index contributed by atoms with van der Waals surface area (Å²) in [5, 5.41) is 2.92. The lowest BCUT2D eigenvalue weighted by atomic mass is 10.2. The van der Waals surface area contributed by atoms with Crippen LogP contribution in [-0.2, 0) is 4.79 Å². The van der Waals surface area contributed by atoms with Gasteiger partial charge in [0.05, 0.1) is 15.3 Å². The summed E-state index contributed by atoms with van der Waals surface area (Å²) < 4.78 is 0.601. The van der Waals surface area contributed by atoms with Crippen LogP contribution in [0.15, 0.2) is 12.1 Å². The van der Waals surface area contributed by atoms with E-state index in [9.17, 15) is 9.59 Å². The standard InChI is InChI=1S/C11H13ClN2O2S/c1-14-5-7(4-8(14)6-15)13-11(16)9-2-3-10(12)17-9/h2-3,6-8H,4-5H2,1H3,(H,13,16). The lowest BCUT2D eigenvalue weighted by Crippen LogP contribution is -2.36. The van der Waals surface area contributed by atoms with E-state index in [1.165, 1.54) is 11.3 Å². The van der Waals surface area contributed by atoms with Crippen LogP contribution in [0.2, 0.25) is 4.34 Å². The number of carbonyl (C=O) groups excluding carboxylic acids is 2. The van der Waals surface area contributed by atoms with Crippen LogP contribution in [0.25, 0.3) is 0 Å². The van der Waals surface area contributed by atoms with Crippen molar-refractivity contribution in [3.05, 3.63) is 21.3 Å². The van der Waals surface area contributed by atoms with Crippen LogP contribution >= 0.6 is 22.9 Å². The van der Waals surface area contributed by atoms with Gasteiger partial charge < -0.3 is 10.1 Å². The second-order valence-corrected chi connectivity index (χ2v) is 5.87. The number of carbonyl (C=O) groups is 2. The van der Waals surface area contributed by atoms with Crippen molar-refractivity contribution in [1.29, 1.82) is 0 Å². The van der Waals surface area contributed by atoms with Crippen LogP contribution in [0, 0.1) is 0 Å². The van der Waals surface area contributed by atoms with E-state index in [4.69, 9.17) is 11.6 Å². The molecule has 1 aromatic heterocycles. The van der Waals surface area contributed by atoms with Gasteiger partial charge in [-0.05, 0) is 25.6 Å². The van der Waals surface area contributed by atoms with Crippen molar-refractivity contribution < 1.29 is 9.59 Å². The molecule has 1 fully saturated rings. The number of nitrogens with zero attached hydrogens (tertiary/aromatic N) is 1. The third kappa shape index (κ3) is 2.86. The summed E-state index contributed by atoms with van der Waals surface area (Å²) in [6.45, 7) is 0.703. The van der Waals surface area contributed by atoms with Gasteiger partial charge >= 0.3 is 0 Å². The quantitative estimate of drug-likeness (QED) is 0.847. The number of thiophene rings is 1. The Labute approximate surface area is 109 Å². The van der Waals surface area contributed by atoms with Gasteiger partial charge in [0.15, 0.2) is 0 Å². The summed E-state index contributed by atoms with van der Waals surface area (Å²) in [6.07, 6.45) is 1.60. The van der Waals surface area contributed by atoms with Crippen molar-refractivity contribution in [2.75, 3.05) is 13.6 Å². The topological polar surface area (TPSA) is 49.4 Å². The average molecular weight is 273 g/mol. The summed E-state index contributed by atoms with van der Waals surface area (Å²) in [6, 6.07) is 3.35. The molecule has 1 N–H and O–H groups in total. The molecule has 92 valence electrons. The van der Waals surface area contributed by atoms with Gasteiger partial charge in [-0.2, -0.15) is 0 Å². The molecule has 17 heavy (non-hydrogen) atoms. The molecule has 0 bridgehead atoms. The Morgan fingerprint density at radius 2 is 2.41 bits per heavy atom. The van der Waals surface area contributed by atoms with Gasteiger partial charge in [0.1, 0.15) is 6.29 Å². The van der Waals surface area contributed by atoms with Crippen LogP contribution < -0.4 is 5.32 Å². The Hall–Kier alpha value is -0.910. The van der Waals surface area contributed by atoms with E-state index in [1.807, 2.05) is 11.9 Å². The van der Waals surface area contributed by atoms with Crippen LogP contribution in [0.1, 0.15) is 16.1 Å². The first-order chi connectivity index (χ1) is 8.10. The van der Waals surface area contributed by atoms with Crippen molar-refractivity contribution >= 4 is 35.1 Å². The van der Waals surface area contributed by atoms with E-state index in [1.54, 1.807) is 12.1 Å². The highest BCUT2D eigenvalue weighted by molar-refractivity contribution is 7.17. The maximum absolute atomic E-state index is 11.8. The van der Waals surface area contributed by atoms with Crippen LogP contribution in [0.4, 0.5) is 0 Å². The number of hydrogen-bond acceptors (Lipinski definition) is 4. The number of likely N-dealkylation sites (N-methyl/N-ethyl adjacent to an activating group) is 1. The van der Waals surface area contributed by atoms with Crippen LogP contribution in [0.5, 0.6) is 0 Å². The number of halogens is 1. The number of amides is 1. The lowest BCUT2D eigenvalue weighted by Gasteiger charge is -2.12. The second-order valence-electron chi connectivity index (χ2n) is 4.15. The zero-order valence-corrected chi connectivity index (χ0v) is 10.9. The fraction of sp³-hybridized carbons (Fsp3) is 0.455. The van der Waals surface area contributed by atoms with E-state index in [2.05, 4.69) is 5.32 Å². The molecule has 0 spiro atoms. The van der Waals surface area contributed by atoms with Gasteiger partial charge in [-0.1, -0.05) is 11.6 Å². The van der Waals surface area contributed by atoms with E-state index < -0.39 is 0 Å². The number of likely N-dealkylation sites (tertiary alicyclic amines) is 1. The molecule has 2 rings (SSSR count). The number of nitrogens with one attached hydrogen (secondary N) is 1. The minimum atomic E-state index is -0.119. The highest BCUT2D eigenvalue weighted by atomic mass is 35.5. The second kappa shape index (κ2) is 5.16. The lowest BCUT2D eigenvalue weighted by molar-refractivity contribution is -0.111. The van der Waals surface area contributed by atoms with E-state index in [0.29, 0.717) is 22.2 Å². The van der Waals surface area contributed by atoms with Gasteiger partial charge in [0.25, 0.3) is 5.91 Å². The molecule has 4 nitrogen and oxygen atoms in total. The average Bonchev–Trinajstić information content (AvgIpc) is 2.85. The number of hydrogen-bond donors (Lipinski definition) is 1. The predicted octanol–water partition coefficient (Wildman–Crippen LogP) is 1.40. The van der Waals surface area contributed by atoms with Crippen molar-refractivity contribution in [3.63, 3.8) is 0 Å². The summed E-state index contributed by atoms with van der Waals surface area (Å²) in [7, 11) is 1.88. The zero-order chi connectivity index (χ0) is 12.4. The molecule has 2 heterocycles. The van der Waals surface area contributed by atoms with Crippen molar-refractivity contribution in [2.45, 2.75) is 18.5 Å². The first-order valence-corrected chi connectivity index (χ1v) is 6.51. The van der Waals surface area contributed by atoms with Crippen molar-refractivity contribution in [2.24, 2.45) is 0 Å². The third-order valence-corrected chi connectivity index (χ3v) is 4.12. The van der Waals surface area contributed by atoms with Gasteiger partial charge in [-0.15, -0.1) is 11.3 Å². The molecular weight excluding hydrogens is 260 g/mol. The molecule has 0 radical (unpaired) electrons. The smallest absolute Gasteiger partial charge is 0.261 e. The van der Waals surface area contributed by atoms with Crippen molar-refractivity contribution in [3.8, 4) is 0 Å². The van der Waals surface area contributed by atoms with E-state index in [-0.39, 0.29) is 18.0 Å². The van der Waals surface area contributed by atoms with Crippen molar-refractivity contribution in [1.82, 2.24) is 10.2 Å². The molecule has 0 saturated carbocycles. The fourth-order valence-electron chi connectivity index (χ4n) is 1.99. The first kappa shape index (κ1) is 12.5. The zero-order valence-electron chi connectivity index (χ0n) is 9.35. The molecular formula is C11H13ClN2O2S. The summed E-state index contributed by atoms with van der Waals surface area (Å²) >= 11 is 7.03. The predicted molar refractivity (Wildman–Crippen MR) is 67.7 cm³/mol. The summed E-state index contributed by atoms with van der Waals surface area (Å²) in [5.41, 5.74) is 0. The van der Waals surface area contributed by atoms with Gasteiger partial charge in [-0.25, -0.2) is 0 Å². The molecule has 1 saturated heterocycles. The Kier molecular flexibility index (Phi) is 3.81. The molecule has 1 aromatic rings. The molecule has 6 heteroatoms. The molecule has 2 atom stereocenters. The third-order valence-electron chi connectivity index (χ3n) is 2.89. The number of aldehydes is 1. The SMILES string of the molecule is CN1CC(NC(=O)c2ccc(Cl)s2)CC1C=O. The van der Waals surface area contributed by atoms with Gasteiger partial charge in [0.2, 0.25) is 0 Å². The molecule has 0 aromatic carbocycles. The minimum absolute atomic E-state index is 0.0311. The Bertz CT molecular complexity index is 435. The van der Waals surface area contributed by atoms with E-state index >= 15 is 0 Å². The molecule has 1 amide bonds. The van der Waals surface area contributed by atoms with Crippen LogP contribution in [-0.4, -0.2) is 42.8 Å². The maximum Gasteiger partial charge on any atom is 0.261 e. The molecule has 0 aliphatic carbocycles. The van der Waals surface area contributed by atoms with Crippen LogP contribution in [0.3, 0.4) is 0 Å².